The molecule has 0 spiro atoms. The number of ether oxygens (including phenoxy) is 1. The lowest BCUT2D eigenvalue weighted by Crippen LogP contribution is -2.39. The fourth-order valence-electron chi connectivity index (χ4n) is 3.94. The van der Waals surface area contributed by atoms with Crippen LogP contribution >= 0.6 is 0 Å². The Kier molecular flexibility index (Phi) is 7.63. The van der Waals surface area contributed by atoms with Crippen LogP contribution in [0.1, 0.15) is 27.9 Å². The van der Waals surface area contributed by atoms with Gasteiger partial charge < -0.3 is 9.64 Å². The van der Waals surface area contributed by atoms with Gasteiger partial charge in [-0.15, -0.1) is 0 Å². The second-order valence-electron chi connectivity index (χ2n) is 8.46. The Morgan fingerprint density at radius 2 is 1.46 bits per heavy atom. The summed E-state index contributed by atoms with van der Waals surface area (Å²) in [5, 5.41) is 0. The molecule has 1 heterocycles. The predicted octanol–water partition coefficient (Wildman–Crippen LogP) is 3.53. The van der Waals surface area contributed by atoms with Crippen LogP contribution in [0.15, 0.2) is 83.8 Å². The molecule has 0 bridgehead atoms. The van der Waals surface area contributed by atoms with Gasteiger partial charge in [0, 0.05) is 37.3 Å². The van der Waals surface area contributed by atoms with Crippen molar-refractivity contribution in [2.24, 2.45) is 0 Å². The minimum Gasteiger partial charge on any atom is -0.484 e. The van der Waals surface area contributed by atoms with E-state index in [1.165, 1.54) is 4.31 Å². The topological polar surface area (TPSA) is 84.0 Å². The van der Waals surface area contributed by atoms with E-state index in [1.54, 1.807) is 65.6 Å². The van der Waals surface area contributed by atoms with Crippen LogP contribution in [0.3, 0.4) is 0 Å². The first-order chi connectivity index (χ1) is 16.8. The first kappa shape index (κ1) is 24.6. The molecular formula is C27H28N2O5S. The third-order valence-corrected chi connectivity index (χ3v) is 7.89. The van der Waals surface area contributed by atoms with E-state index in [-0.39, 0.29) is 29.7 Å². The van der Waals surface area contributed by atoms with Crippen molar-refractivity contribution in [1.82, 2.24) is 9.21 Å². The van der Waals surface area contributed by atoms with Gasteiger partial charge >= 0.3 is 0 Å². The Hall–Kier alpha value is -3.49. The van der Waals surface area contributed by atoms with E-state index in [0.29, 0.717) is 42.9 Å². The van der Waals surface area contributed by atoms with E-state index in [2.05, 4.69) is 0 Å². The van der Waals surface area contributed by atoms with Gasteiger partial charge in [-0.3, -0.25) is 9.59 Å². The summed E-state index contributed by atoms with van der Waals surface area (Å²) in [7, 11) is -3.60. The van der Waals surface area contributed by atoms with Gasteiger partial charge in [0.05, 0.1) is 4.90 Å². The molecule has 4 rings (SSSR count). The van der Waals surface area contributed by atoms with Crippen LogP contribution in [0, 0.1) is 6.92 Å². The van der Waals surface area contributed by atoms with Crippen LogP contribution in [-0.2, 0) is 14.8 Å². The number of ketones is 1. The van der Waals surface area contributed by atoms with E-state index >= 15 is 0 Å². The van der Waals surface area contributed by atoms with Gasteiger partial charge in [0.25, 0.3) is 5.91 Å². The number of sulfonamides is 1. The summed E-state index contributed by atoms with van der Waals surface area (Å²) in [5.74, 6) is 0.202. The van der Waals surface area contributed by atoms with Crippen molar-refractivity contribution in [3.05, 3.63) is 95.6 Å². The Morgan fingerprint density at radius 1 is 0.800 bits per heavy atom. The summed E-state index contributed by atoms with van der Waals surface area (Å²) < 4.78 is 33.0. The molecule has 1 fully saturated rings. The predicted molar refractivity (Wildman–Crippen MR) is 133 cm³/mol. The van der Waals surface area contributed by atoms with Crippen molar-refractivity contribution in [2.75, 3.05) is 32.8 Å². The summed E-state index contributed by atoms with van der Waals surface area (Å²) in [4.78, 5) is 27.1. The van der Waals surface area contributed by atoms with Gasteiger partial charge in [-0.2, -0.15) is 4.31 Å². The van der Waals surface area contributed by atoms with E-state index in [1.807, 2.05) is 25.1 Å². The van der Waals surface area contributed by atoms with Crippen molar-refractivity contribution in [3.8, 4) is 5.75 Å². The van der Waals surface area contributed by atoms with E-state index in [0.717, 1.165) is 5.56 Å². The lowest BCUT2D eigenvalue weighted by atomic mass is 10.0. The second-order valence-corrected chi connectivity index (χ2v) is 10.4. The van der Waals surface area contributed by atoms with Crippen molar-refractivity contribution in [3.63, 3.8) is 0 Å². The number of hydrogen-bond acceptors (Lipinski definition) is 5. The van der Waals surface area contributed by atoms with Crippen molar-refractivity contribution < 1.29 is 22.7 Å². The summed E-state index contributed by atoms with van der Waals surface area (Å²) in [6, 6.07) is 22.5. The maximum absolute atomic E-state index is 13.0. The molecule has 1 aliphatic heterocycles. The first-order valence-corrected chi connectivity index (χ1v) is 13.0. The molecule has 1 amide bonds. The fraction of sp³-hybridized carbons (Fsp3) is 0.259. The van der Waals surface area contributed by atoms with Gasteiger partial charge in [0.1, 0.15) is 5.75 Å². The summed E-state index contributed by atoms with van der Waals surface area (Å²) in [6.07, 6.45) is 0.549. The van der Waals surface area contributed by atoms with Gasteiger partial charge in [0.2, 0.25) is 10.0 Å². The largest absolute Gasteiger partial charge is 0.484 e. The van der Waals surface area contributed by atoms with E-state index < -0.39 is 10.0 Å². The molecule has 7 nitrogen and oxygen atoms in total. The Bertz CT molecular complexity index is 1270. The molecule has 0 aliphatic carbocycles. The van der Waals surface area contributed by atoms with E-state index in [4.69, 9.17) is 4.74 Å². The first-order valence-electron chi connectivity index (χ1n) is 11.5. The third kappa shape index (κ3) is 5.96. The summed E-state index contributed by atoms with van der Waals surface area (Å²) in [6.45, 7) is 3.11. The lowest BCUT2D eigenvalue weighted by Gasteiger charge is -2.22. The molecule has 0 unspecified atom stereocenters. The fourth-order valence-corrected chi connectivity index (χ4v) is 5.41. The van der Waals surface area contributed by atoms with Gasteiger partial charge in [-0.1, -0.05) is 48.0 Å². The van der Waals surface area contributed by atoms with Crippen molar-refractivity contribution in [1.29, 1.82) is 0 Å². The lowest BCUT2D eigenvalue weighted by molar-refractivity contribution is -0.133. The summed E-state index contributed by atoms with van der Waals surface area (Å²) >= 11 is 0. The highest BCUT2D eigenvalue weighted by Gasteiger charge is 2.28. The maximum atomic E-state index is 13.0. The zero-order chi connectivity index (χ0) is 24.8. The molecule has 35 heavy (non-hydrogen) atoms. The van der Waals surface area contributed by atoms with Crippen LogP contribution in [-0.4, -0.2) is 62.1 Å². The van der Waals surface area contributed by atoms with E-state index in [9.17, 15) is 18.0 Å². The van der Waals surface area contributed by atoms with Gasteiger partial charge in [-0.25, -0.2) is 8.42 Å². The molecule has 182 valence electrons. The second kappa shape index (κ2) is 10.8. The highest BCUT2D eigenvalue weighted by atomic mass is 32.2. The SMILES string of the molecule is Cc1ccc(S(=O)(=O)N2CCCN(C(=O)COc3ccc(C(=O)c4ccccc4)cc3)CC2)cc1. The van der Waals surface area contributed by atoms with Crippen LogP contribution in [0.4, 0.5) is 0 Å². The number of carbonyl (C=O) groups excluding carboxylic acids is 2. The smallest absolute Gasteiger partial charge is 0.260 e. The molecule has 3 aromatic rings. The Labute approximate surface area is 206 Å². The molecule has 8 heteroatoms. The standard InChI is InChI=1S/C27H28N2O5S/c1-21-8-14-25(15-9-21)35(32,33)29-17-5-16-28(18-19-29)26(30)20-34-24-12-10-23(11-13-24)27(31)22-6-3-2-4-7-22/h2-4,6-15H,5,16-20H2,1H3. The molecule has 0 N–H and O–H groups in total. The number of rotatable bonds is 7. The Morgan fingerprint density at radius 3 is 2.14 bits per heavy atom. The highest BCUT2D eigenvalue weighted by molar-refractivity contribution is 7.89. The number of nitrogens with zero attached hydrogens (tertiary/aromatic N) is 2. The zero-order valence-electron chi connectivity index (χ0n) is 19.6. The molecular weight excluding hydrogens is 464 g/mol. The van der Waals surface area contributed by atoms with Crippen LogP contribution in [0.25, 0.3) is 0 Å². The molecule has 0 atom stereocenters. The minimum absolute atomic E-state index is 0.0806. The van der Waals surface area contributed by atoms with Crippen LogP contribution < -0.4 is 4.74 Å². The molecule has 3 aromatic carbocycles. The summed E-state index contributed by atoms with van der Waals surface area (Å²) in [5.41, 5.74) is 2.14. The zero-order valence-corrected chi connectivity index (χ0v) is 20.4. The quantitative estimate of drug-likeness (QED) is 0.471. The third-order valence-electron chi connectivity index (χ3n) is 5.98. The Balaban J connectivity index is 1.31. The highest BCUT2D eigenvalue weighted by Crippen LogP contribution is 2.19. The van der Waals surface area contributed by atoms with Crippen molar-refractivity contribution in [2.45, 2.75) is 18.2 Å². The molecule has 0 radical (unpaired) electrons. The number of aryl methyl sites for hydroxylation is 1. The average Bonchev–Trinajstić information content (AvgIpc) is 3.15. The molecule has 0 aromatic heterocycles. The normalized spacial score (nSPS) is 14.8. The minimum atomic E-state index is -3.60. The molecule has 0 saturated carbocycles. The number of benzene rings is 3. The number of amides is 1. The van der Waals surface area contributed by atoms with Gasteiger partial charge in [0.15, 0.2) is 12.4 Å². The van der Waals surface area contributed by atoms with Crippen molar-refractivity contribution >= 4 is 21.7 Å². The van der Waals surface area contributed by atoms with Crippen LogP contribution in [0.5, 0.6) is 5.75 Å². The monoisotopic (exact) mass is 492 g/mol. The number of hydrogen-bond donors (Lipinski definition) is 0. The molecule has 1 saturated heterocycles. The average molecular weight is 493 g/mol. The van der Waals surface area contributed by atoms with Gasteiger partial charge in [-0.05, 0) is 49.7 Å². The number of carbonyl (C=O) groups is 2. The molecule has 1 aliphatic rings. The maximum Gasteiger partial charge on any atom is 0.260 e. The van der Waals surface area contributed by atoms with Crippen LogP contribution in [0.2, 0.25) is 0 Å².